The van der Waals surface area contributed by atoms with Gasteiger partial charge in [-0.2, -0.15) is 9.29 Å². The van der Waals surface area contributed by atoms with Gasteiger partial charge in [0.15, 0.2) is 5.82 Å². The van der Waals surface area contributed by atoms with Crippen molar-refractivity contribution >= 4 is 21.6 Å². The highest BCUT2D eigenvalue weighted by Gasteiger charge is 2.31. The van der Waals surface area contributed by atoms with Gasteiger partial charge in [-0.25, -0.2) is 8.42 Å². The van der Waals surface area contributed by atoms with Gasteiger partial charge in [0.2, 0.25) is 15.9 Å². The predicted molar refractivity (Wildman–Crippen MR) is 91.8 cm³/mol. The van der Waals surface area contributed by atoms with E-state index in [4.69, 9.17) is 16.1 Å². The molecule has 1 aromatic heterocycles. The van der Waals surface area contributed by atoms with E-state index in [0.717, 1.165) is 18.7 Å². The van der Waals surface area contributed by atoms with Crippen molar-refractivity contribution in [3.63, 3.8) is 0 Å². The Bertz CT molecular complexity index is 841. The predicted octanol–water partition coefficient (Wildman–Crippen LogP) is 2.11. The molecule has 0 bridgehead atoms. The quantitative estimate of drug-likeness (QED) is 0.787. The Morgan fingerprint density at radius 3 is 2.44 bits per heavy atom. The third-order valence-electron chi connectivity index (χ3n) is 4.57. The number of hydrogen-bond acceptors (Lipinski definition) is 6. The fourth-order valence-electron chi connectivity index (χ4n) is 2.91. The van der Waals surface area contributed by atoms with Crippen LogP contribution in [0.15, 0.2) is 33.7 Å². The Kier molecular flexibility index (Phi) is 4.53. The normalized spacial score (nSPS) is 20.0. The number of hydrogen-bond donors (Lipinski definition) is 0. The Hall–Kier alpha value is -1.48. The van der Waals surface area contributed by atoms with Crippen molar-refractivity contribution in [3.05, 3.63) is 41.0 Å². The summed E-state index contributed by atoms with van der Waals surface area (Å²) in [4.78, 5) is 6.84. The van der Waals surface area contributed by atoms with E-state index in [1.165, 1.54) is 4.31 Å². The lowest BCUT2D eigenvalue weighted by molar-refractivity contribution is 0.163. The van der Waals surface area contributed by atoms with Gasteiger partial charge in [-0.15, -0.1) is 0 Å². The highest BCUT2D eigenvalue weighted by atomic mass is 35.5. The van der Waals surface area contributed by atoms with Crippen molar-refractivity contribution in [1.29, 1.82) is 0 Å². The average Bonchev–Trinajstić information content (AvgIpc) is 3.36. The number of aromatic nitrogens is 2. The molecule has 2 heterocycles. The smallest absolute Gasteiger partial charge is 0.243 e. The first-order valence-electron chi connectivity index (χ1n) is 8.33. The zero-order chi connectivity index (χ0) is 17.4. The molecule has 1 aliphatic carbocycles. The summed E-state index contributed by atoms with van der Waals surface area (Å²) in [6.45, 7) is 2.71. The lowest BCUT2D eigenvalue weighted by atomic mass is 10.3. The molecule has 2 fully saturated rings. The zero-order valence-electron chi connectivity index (χ0n) is 13.6. The van der Waals surface area contributed by atoms with E-state index >= 15 is 0 Å². The molecule has 25 heavy (non-hydrogen) atoms. The first kappa shape index (κ1) is 17.0. The number of nitrogens with zero attached hydrogens (tertiary/aromatic N) is 4. The van der Waals surface area contributed by atoms with E-state index in [0.29, 0.717) is 49.6 Å². The van der Waals surface area contributed by atoms with Gasteiger partial charge in [0, 0.05) is 37.1 Å². The molecule has 0 atom stereocenters. The van der Waals surface area contributed by atoms with Gasteiger partial charge in [0.1, 0.15) is 0 Å². The van der Waals surface area contributed by atoms with Gasteiger partial charge >= 0.3 is 0 Å². The largest absolute Gasteiger partial charge is 0.338 e. The van der Waals surface area contributed by atoms with E-state index in [2.05, 4.69) is 15.0 Å². The lowest BCUT2D eigenvalue weighted by Gasteiger charge is -2.33. The maximum atomic E-state index is 12.7. The standard InChI is InChI=1S/C16H19ClN4O3S/c17-13-3-5-14(6-4-13)25(22,23)21-9-7-20(8-10-21)11-15-18-16(19-24-15)12-1-2-12/h3-6,12H,1-2,7-11H2. The SMILES string of the molecule is O=S(=O)(c1ccc(Cl)cc1)N1CCN(Cc2nc(C3CC3)no2)CC1. The van der Waals surface area contributed by atoms with E-state index in [-0.39, 0.29) is 4.90 Å². The Morgan fingerprint density at radius 1 is 1.12 bits per heavy atom. The van der Waals surface area contributed by atoms with E-state index in [9.17, 15) is 8.42 Å². The van der Waals surface area contributed by atoms with E-state index < -0.39 is 10.0 Å². The molecule has 2 aliphatic rings. The molecule has 0 radical (unpaired) electrons. The van der Waals surface area contributed by atoms with Gasteiger partial charge in [0.25, 0.3) is 0 Å². The summed E-state index contributed by atoms with van der Waals surface area (Å²) in [5, 5.41) is 4.54. The molecular weight excluding hydrogens is 364 g/mol. The molecule has 4 rings (SSSR count). The van der Waals surface area contributed by atoms with Crippen molar-refractivity contribution < 1.29 is 12.9 Å². The van der Waals surface area contributed by atoms with Crippen LogP contribution in [-0.4, -0.2) is 53.9 Å². The second-order valence-electron chi connectivity index (χ2n) is 6.45. The van der Waals surface area contributed by atoms with Crippen LogP contribution in [0.25, 0.3) is 0 Å². The van der Waals surface area contributed by atoms with Crippen LogP contribution >= 0.6 is 11.6 Å². The summed E-state index contributed by atoms with van der Waals surface area (Å²) >= 11 is 5.83. The van der Waals surface area contributed by atoms with Crippen molar-refractivity contribution in [2.45, 2.75) is 30.2 Å². The van der Waals surface area contributed by atoms with Crippen LogP contribution in [0.4, 0.5) is 0 Å². The second-order valence-corrected chi connectivity index (χ2v) is 8.83. The molecular formula is C16H19ClN4O3S. The number of piperazine rings is 1. The number of rotatable bonds is 5. The Balaban J connectivity index is 1.36. The third kappa shape index (κ3) is 3.72. The van der Waals surface area contributed by atoms with Crippen LogP contribution < -0.4 is 0 Å². The van der Waals surface area contributed by atoms with Gasteiger partial charge in [-0.1, -0.05) is 16.8 Å². The average molecular weight is 383 g/mol. The van der Waals surface area contributed by atoms with Crippen molar-refractivity contribution in [1.82, 2.24) is 19.3 Å². The molecule has 0 unspecified atom stereocenters. The summed E-state index contributed by atoms with van der Waals surface area (Å²) in [6.07, 6.45) is 2.28. The van der Waals surface area contributed by atoms with Crippen LogP contribution in [0.5, 0.6) is 0 Å². The lowest BCUT2D eigenvalue weighted by Crippen LogP contribution is -2.48. The molecule has 2 aromatic rings. The van der Waals surface area contributed by atoms with E-state index in [1.54, 1.807) is 24.3 Å². The number of benzene rings is 1. The van der Waals surface area contributed by atoms with Crippen LogP contribution in [0.1, 0.15) is 30.5 Å². The van der Waals surface area contributed by atoms with Crippen LogP contribution in [-0.2, 0) is 16.6 Å². The van der Waals surface area contributed by atoms with Crippen LogP contribution in [0, 0.1) is 0 Å². The maximum absolute atomic E-state index is 12.7. The summed E-state index contributed by atoms with van der Waals surface area (Å²) < 4.78 is 32.2. The summed E-state index contributed by atoms with van der Waals surface area (Å²) in [5.41, 5.74) is 0. The molecule has 1 aliphatic heterocycles. The van der Waals surface area contributed by atoms with Crippen molar-refractivity contribution in [2.24, 2.45) is 0 Å². The minimum absolute atomic E-state index is 0.274. The molecule has 7 nitrogen and oxygen atoms in total. The molecule has 0 amide bonds. The zero-order valence-corrected chi connectivity index (χ0v) is 15.2. The van der Waals surface area contributed by atoms with Gasteiger partial charge < -0.3 is 4.52 Å². The molecule has 9 heteroatoms. The Labute approximate surface area is 151 Å². The monoisotopic (exact) mass is 382 g/mol. The molecule has 1 aromatic carbocycles. The second kappa shape index (κ2) is 6.68. The molecule has 1 saturated heterocycles. The first-order chi connectivity index (χ1) is 12.0. The number of sulfonamides is 1. The van der Waals surface area contributed by atoms with Crippen LogP contribution in [0.2, 0.25) is 5.02 Å². The highest BCUT2D eigenvalue weighted by Crippen LogP contribution is 2.38. The third-order valence-corrected chi connectivity index (χ3v) is 6.73. The molecule has 0 spiro atoms. The minimum atomic E-state index is -3.48. The molecule has 1 saturated carbocycles. The molecule has 134 valence electrons. The minimum Gasteiger partial charge on any atom is -0.338 e. The fraction of sp³-hybridized carbons (Fsp3) is 0.500. The van der Waals surface area contributed by atoms with Crippen molar-refractivity contribution in [2.75, 3.05) is 26.2 Å². The van der Waals surface area contributed by atoms with Crippen molar-refractivity contribution in [3.8, 4) is 0 Å². The van der Waals surface area contributed by atoms with E-state index in [1.807, 2.05) is 0 Å². The van der Waals surface area contributed by atoms with Gasteiger partial charge in [-0.05, 0) is 37.1 Å². The Morgan fingerprint density at radius 2 is 1.80 bits per heavy atom. The summed E-state index contributed by atoms with van der Waals surface area (Å²) in [6, 6.07) is 6.28. The topological polar surface area (TPSA) is 79.5 Å². The van der Waals surface area contributed by atoms with Gasteiger partial charge in [0.05, 0.1) is 11.4 Å². The first-order valence-corrected chi connectivity index (χ1v) is 10.1. The number of halogens is 1. The molecule has 0 N–H and O–H groups in total. The highest BCUT2D eigenvalue weighted by molar-refractivity contribution is 7.89. The maximum Gasteiger partial charge on any atom is 0.243 e. The summed E-state index contributed by atoms with van der Waals surface area (Å²) in [7, 11) is -3.48. The van der Waals surface area contributed by atoms with Gasteiger partial charge in [-0.3, -0.25) is 4.90 Å². The summed E-state index contributed by atoms with van der Waals surface area (Å²) in [5.74, 6) is 1.88. The van der Waals surface area contributed by atoms with Crippen LogP contribution in [0.3, 0.4) is 0 Å². The fourth-order valence-corrected chi connectivity index (χ4v) is 4.46.